The number of methoxy groups -OCH3 is 2. The van der Waals surface area contributed by atoms with Crippen LogP contribution in [0.3, 0.4) is 0 Å². The standard InChI is InChI=1S/C23H21FO6S/c1-28-16-7-3-14(4-8-16)19(12-21(26)29-2)23-22(27)20(25)11-17(30-23)13-31-18-9-5-15(24)6-10-18/h3-11,19,27H,12-13H2,1-2H3/t19-/m1/s1. The van der Waals surface area contributed by atoms with Gasteiger partial charge in [-0.25, -0.2) is 4.39 Å². The third-order valence-electron chi connectivity index (χ3n) is 4.63. The highest BCUT2D eigenvalue weighted by Crippen LogP contribution is 2.35. The lowest BCUT2D eigenvalue weighted by molar-refractivity contribution is -0.140. The van der Waals surface area contributed by atoms with Gasteiger partial charge in [-0.05, 0) is 42.0 Å². The highest BCUT2D eigenvalue weighted by Gasteiger charge is 2.26. The third kappa shape index (κ3) is 5.67. The summed E-state index contributed by atoms with van der Waals surface area (Å²) in [7, 11) is 2.80. The largest absolute Gasteiger partial charge is 0.502 e. The van der Waals surface area contributed by atoms with Gasteiger partial charge >= 0.3 is 5.97 Å². The maximum Gasteiger partial charge on any atom is 0.306 e. The van der Waals surface area contributed by atoms with E-state index in [-0.39, 0.29) is 23.8 Å². The molecule has 1 aromatic heterocycles. The van der Waals surface area contributed by atoms with E-state index in [9.17, 15) is 19.1 Å². The minimum atomic E-state index is -0.734. The molecule has 3 aromatic rings. The van der Waals surface area contributed by atoms with Crippen LogP contribution in [-0.4, -0.2) is 25.3 Å². The predicted octanol–water partition coefficient (Wildman–Crippen LogP) is 4.48. The van der Waals surface area contributed by atoms with Gasteiger partial charge in [0.2, 0.25) is 11.2 Å². The van der Waals surface area contributed by atoms with Crippen molar-refractivity contribution in [2.24, 2.45) is 0 Å². The van der Waals surface area contributed by atoms with Gasteiger partial charge < -0.3 is 19.0 Å². The molecule has 0 spiro atoms. The Bertz CT molecular complexity index is 1090. The van der Waals surface area contributed by atoms with Crippen LogP contribution in [0.4, 0.5) is 4.39 Å². The Kier molecular flexibility index (Phi) is 7.36. The maximum absolute atomic E-state index is 13.1. The van der Waals surface area contributed by atoms with Crippen molar-refractivity contribution in [3.63, 3.8) is 0 Å². The van der Waals surface area contributed by atoms with Crippen LogP contribution in [0.15, 0.2) is 68.7 Å². The van der Waals surface area contributed by atoms with E-state index in [1.54, 1.807) is 36.4 Å². The van der Waals surface area contributed by atoms with E-state index in [1.807, 2.05) is 0 Å². The van der Waals surface area contributed by atoms with Gasteiger partial charge in [0.25, 0.3) is 0 Å². The second-order valence-corrected chi connectivity index (χ2v) is 7.69. The van der Waals surface area contributed by atoms with Crippen molar-refractivity contribution in [3.8, 4) is 11.5 Å². The van der Waals surface area contributed by atoms with Crippen LogP contribution in [0.2, 0.25) is 0 Å². The number of halogens is 1. The monoisotopic (exact) mass is 444 g/mol. The number of benzene rings is 2. The Hall–Kier alpha value is -3.26. The van der Waals surface area contributed by atoms with E-state index < -0.39 is 23.1 Å². The van der Waals surface area contributed by atoms with Crippen molar-refractivity contribution in [1.29, 1.82) is 0 Å². The fourth-order valence-electron chi connectivity index (χ4n) is 3.00. The molecule has 1 N–H and O–H groups in total. The molecule has 1 atom stereocenters. The van der Waals surface area contributed by atoms with Gasteiger partial charge in [-0.1, -0.05) is 12.1 Å². The van der Waals surface area contributed by atoms with E-state index >= 15 is 0 Å². The number of carbonyl (C=O) groups is 1. The molecule has 0 aliphatic heterocycles. The van der Waals surface area contributed by atoms with Crippen LogP contribution >= 0.6 is 11.8 Å². The Labute approximate surface area is 182 Å². The molecule has 0 radical (unpaired) electrons. The lowest BCUT2D eigenvalue weighted by atomic mass is 9.92. The molecule has 0 saturated heterocycles. The van der Waals surface area contributed by atoms with E-state index in [0.717, 1.165) is 4.90 Å². The molecule has 0 bridgehead atoms. The van der Waals surface area contributed by atoms with E-state index in [4.69, 9.17) is 13.9 Å². The van der Waals surface area contributed by atoms with Crippen molar-refractivity contribution in [2.75, 3.05) is 14.2 Å². The zero-order valence-corrected chi connectivity index (χ0v) is 17.8. The Morgan fingerprint density at radius 1 is 1.13 bits per heavy atom. The SMILES string of the molecule is COC(=O)C[C@H](c1ccc(OC)cc1)c1oc(CSc2ccc(F)cc2)cc(=O)c1O. The van der Waals surface area contributed by atoms with Gasteiger partial charge in [-0.3, -0.25) is 9.59 Å². The van der Waals surface area contributed by atoms with Crippen LogP contribution in [0.1, 0.15) is 29.4 Å². The zero-order valence-electron chi connectivity index (χ0n) is 17.0. The first-order valence-electron chi connectivity index (χ1n) is 9.36. The van der Waals surface area contributed by atoms with Gasteiger partial charge in [-0.15, -0.1) is 11.8 Å². The topological polar surface area (TPSA) is 86.0 Å². The smallest absolute Gasteiger partial charge is 0.306 e. The first kappa shape index (κ1) is 22.4. The van der Waals surface area contributed by atoms with Gasteiger partial charge in [0.05, 0.1) is 32.3 Å². The molecule has 3 rings (SSSR count). The summed E-state index contributed by atoms with van der Waals surface area (Å²) in [4.78, 5) is 25.2. The van der Waals surface area contributed by atoms with Gasteiger partial charge in [0.1, 0.15) is 17.3 Å². The van der Waals surface area contributed by atoms with Crippen LogP contribution in [0.5, 0.6) is 11.5 Å². The van der Waals surface area contributed by atoms with Crippen LogP contribution in [0.25, 0.3) is 0 Å². The van der Waals surface area contributed by atoms with Gasteiger partial charge in [0.15, 0.2) is 5.76 Å². The fourth-order valence-corrected chi connectivity index (χ4v) is 3.78. The summed E-state index contributed by atoms with van der Waals surface area (Å²) < 4.78 is 28.9. The molecule has 1 heterocycles. The van der Waals surface area contributed by atoms with Crippen LogP contribution in [0, 0.1) is 5.82 Å². The van der Waals surface area contributed by atoms with Gasteiger partial charge in [0, 0.05) is 11.0 Å². The minimum Gasteiger partial charge on any atom is -0.502 e. The summed E-state index contributed by atoms with van der Waals surface area (Å²) in [6.07, 6.45) is -0.131. The van der Waals surface area contributed by atoms with Crippen molar-refractivity contribution in [1.82, 2.24) is 0 Å². The molecule has 31 heavy (non-hydrogen) atoms. The number of carbonyl (C=O) groups excluding carboxylic acids is 1. The zero-order chi connectivity index (χ0) is 22.4. The summed E-state index contributed by atoms with van der Waals surface area (Å²) in [5.41, 5.74) is 0.0346. The molecule has 0 aliphatic carbocycles. The minimum absolute atomic E-state index is 0.0160. The molecule has 0 saturated carbocycles. The number of aromatic hydroxyl groups is 1. The molecule has 0 aliphatic rings. The first-order valence-corrected chi connectivity index (χ1v) is 10.3. The third-order valence-corrected chi connectivity index (χ3v) is 5.66. The summed E-state index contributed by atoms with van der Waals surface area (Å²) in [5, 5.41) is 10.4. The highest BCUT2D eigenvalue weighted by atomic mass is 32.2. The summed E-state index contributed by atoms with van der Waals surface area (Å²) >= 11 is 1.35. The normalized spacial score (nSPS) is 11.7. The molecule has 0 fully saturated rings. The second-order valence-electron chi connectivity index (χ2n) is 6.64. The number of ether oxygens (including phenoxy) is 2. The molecule has 0 unspecified atom stereocenters. The van der Waals surface area contributed by atoms with Crippen molar-refractivity contribution in [3.05, 3.63) is 87.7 Å². The Morgan fingerprint density at radius 3 is 2.42 bits per heavy atom. The van der Waals surface area contributed by atoms with E-state index in [2.05, 4.69) is 0 Å². The number of thioether (sulfide) groups is 1. The average Bonchev–Trinajstić information content (AvgIpc) is 2.79. The molecular formula is C23H21FO6S. The fraction of sp³-hybridized carbons (Fsp3) is 0.217. The van der Waals surface area contributed by atoms with Crippen LogP contribution in [-0.2, 0) is 15.3 Å². The molecule has 162 valence electrons. The summed E-state index contributed by atoms with van der Waals surface area (Å²) in [5.74, 6) is -0.949. The average molecular weight is 444 g/mol. The number of rotatable bonds is 8. The molecular weight excluding hydrogens is 423 g/mol. The number of hydrogen-bond donors (Lipinski definition) is 1. The number of esters is 1. The van der Waals surface area contributed by atoms with E-state index in [0.29, 0.717) is 17.1 Å². The highest BCUT2D eigenvalue weighted by molar-refractivity contribution is 7.98. The quantitative estimate of drug-likeness (QED) is 0.405. The number of hydrogen-bond acceptors (Lipinski definition) is 7. The lowest BCUT2D eigenvalue weighted by Crippen LogP contribution is -2.14. The summed E-state index contributed by atoms with van der Waals surface area (Å²) in [6, 6.07) is 14.0. The molecule has 8 heteroatoms. The lowest BCUT2D eigenvalue weighted by Gasteiger charge is -2.18. The Morgan fingerprint density at radius 2 is 1.81 bits per heavy atom. The van der Waals surface area contributed by atoms with Gasteiger partial charge in [-0.2, -0.15) is 0 Å². The Balaban J connectivity index is 1.95. The van der Waals surface area contributed by atoms with Crippen molar-refractivity contribution >= 4 is 17.7 Å². The predicted molar refractivity (Wildman–Crippen MR) is 114 cm³/mol. The molecule has 2 aromatic carbocycles. The van der Waals surface area contributed by atoms with Crippen LogP contribution < -0.4 is 10.2 Å². The summed E-state index contributed by atoms with van der Waals surface area (Å²) in [6.45, 7) is 0. The molecule has 0 amide bonds. The first-order chi connectivity index (χ1) is 14.9. The van der Waals surface area contributed by atoms with Crippen molar-refractivity contribution in [2.45, 2.75) is 23.0 Å². The van der Waals surface area contributed by atoms with E-state index in [1.165, 1.54) is 44.2 Å². The second kappa shape index (κ2) is 10.2. The molecule has 6 nitrogen and oxygen atoms in total. The maximum atomic E-state index is 13.1. The van der Waals surface area contributed by atoms with Crippen molar-refractivity contribution < 1.29 is 28.2 Å².